The van der Waals surface area contributed by atoms with Crippen molar-refractivity contribution in [1.29, 1.82) is 0 Å². The zero-order valence-corrected chi connectivity index (χ0v) is 15.0. The molecule has 0 spiro atoms. The maximum atomic E-state index is 12.8. The highest BCUT2D eigenvalue weighted by atomic mass is 35.5. The van der Waals surface area contributed by atoms with Gasteiger partial charge in [-0.3, -0.25) is 19.7 Å². The van der Waals surface area contributed by atoms with E-state index in [9.17, 15) is 24.1 Å². The molecule has 1 unspecified atom stereocenters. The maximum absolute atomic E-state index is 12.8. The molecule has 0 aliphatic carbocycles. The Morgan fingerprint density at radius 2 is 1.70 bits per heavy atom. The van der Waals surface area contributed by atoms with Gasteiger partial charge in [-0.25, -0.2) is 4.39 Å². The monoisotopic (exact) mass is 395 g/mol. The van der Waals surface area contributed by atoms with Crippen molar-refractivity contribution in [2.75, 3.05) is 30.8 Å². The Bertz CT molecular complexity index is 861. The molecule has 2 amide bonds. The van der Waals surface area contributed by atoms with Gasteiger partial charge in [-0.1, -0.05) is 11.6 Å². The smallest absolute Gasteiger partial charge is 0.292 e. The molecule has 3 N–H and O–H groups in total. The summed E-state index contributed by atoms with van der Waals surface area (Å²) in [5.74, 6) is -1.28. The summed E-state index contributed by atoms with van der Waals surface area (Å²) in [4.78, 5) is 35.0. The van der Waals surface area contributed by atoms with Gasteiger partial charge in [-0.05, 0) is 36.4 Å². The lowest BCUT2D eigenvalue weighted by Crippen LogP contribution is -3.11. The minimum absolute atomic E-state index is 0.0129. The number of quaternary nitrogens is 1. The van der Waals surface area contributed by atoms with Crippen molar-refractivity contribution in [3.8, 4) is 0 Å². The zero-order chi connectivity index (χ0) is 20.0. The van der Waals surface area contributed by atoms with E-state index >= 15 is 0 Å². The van der Waals surface area contributed by atoms with Gasteiger partial charge < -0.3 is 15.5 Å². The number of carbonyl (C=O) groups is 2. The van der Waals surface area contributed by atoms with Crippen LogP contribution in [0.15, 0.2) is 42.5 Å². The first-order valence-electron chi connectivity index (χ1n) is 7.85. The lowest BCUT2D eigenvalue weighted by atomic mass is 10.2. The van der Waals surface area contributed by atoms with Gasteiger partial charge in [0.15, 0.2) is 13.1 Å². The Kier molecular flexibility index (Phi) is 6.80. The van der Waals surface area contributed by atoms with E-state index in [-0.39, 0.29) is 35.4 Å². The van der Waals surface area contributed by atoms with Gasteiger partial charge >= 0.3 is 0 Å². The lowest BCUT2D eigenvalue weighted by Gasteiger charge is -2.14. The molecule has 0 bridgehead atoms. The molecule has 1 atom stereocenters. The Morgan fingerprint density at radius 1 is 1.11 bits per heavy atom. The first-order chi connectivity index (χ1) is 12.7. The Balaban J connectivity index is 1.90. The molecule has 0 radical (unpaired) electrons. The van der Waals surface area contributed by atoms with Crippen LogP contribution in [0.1, 0.15) is 0 Å². The van der Waals surface area contributed by atoms with Gasteiger partial charge in [0.25, 0.3) is 17.5 Å². The first-order valence-corrected chi connectivity index (χ1v) is 8.23. The average Bonchev–Trinajstić information content (AvgIpc) is 2.56. The van der Waals surface area contributed by atoms with Crippen LogP contribution in [-0.4, -0.2) is 36.9 Å². The fourth-order valence-electron chi connectivity index (χ4n) is 2.31. The number of carbonyl (C=O) groups excluding carboxylic acids is 2. The number of halogens is 2. The third-order valence-electron chi connectivity index (χ3n) is 3.48. The molecule has 0 saturated carbocycles. The molecule has 10 heteroatoms. The van der Waals surface area contributed by atoms with Crippen LogP contribution in [0, 0.1) is 15.9 Å². The van der Waals surface area contributed by atoms with Gasteiger partial charge in [-0.2, -0.15) is 0 Å². The fraction of sp³-hybridized carbons (Fsp3) is 0.176. The van der Waals surface area contributed by atoms with Crippen molar-refractivity contribution in [2.24, 2.45) is 0 Å². The van der Waals surface area contributed by atoms with E-state index in [0.29, 0.717) is 10.6 Å². The fourth-order valence-corrected chi connectivity index (χ4v) is 2.48. The molecule has 0 saturated heterocycles. The summed E-state index contributed by atoms with van der Waals surface area (Å²) >= 11 is 5.81. The minimum Gasteiger partial charge on any atom is -0.322 e. The normalized spacial score (nSPS) is 11.5. The number of hydrogen-bond donors (Lipinski definition) is 3. The van der Waals surface area contributed by atoms with Gasteiger partial charge in [0, 0.05) is 16.8 Å². The van der Waals surface area contributed by atoms with Crippen molar-refractivity contribution >= 4 is 40.5 Å². The molecular weight excluding hydrogens is 379 g/mol. The quantitative estimate of drug-likeness (QED) is 0.487. The molecule has 8 nitrogen and oxygen atoms in total. The van der Waals surface area contributed by atoms with E-state index < -0.39 is 16.6 Å². The van der Waals surface area contributed by atoms with Gasteiger partial charge in [0.05, 0.1) is 12.0 Å². The SMILES string of the molecule is C[NH+](CC(=O)Nc1ccc(F)cc1)CC(=O)Nc1cc(Cl)ccc1[N+](=O)[O-]. The topological polar surface area (TPSA) is 106 Å². The highest BCUT2D eigenvalue weighted by Gasteiger charge is 2.19. The minimum atomic E-state index is -0.626. The van der Waals surface area contributed by atoms with Gasteiger partial charge in [-0.15, -0.1) is 0 Å². The molecule has 2 aromatic rings. The molecule has 2 aromatic carbocycles. The van der Waals surface area contributed by atoms with Crippen molar-refractivity contribution in [1.82, 2.24) is 0 Å². The van der Waals surface area contributed by atoms with Gasteiger partial charge in [0.1, 0.15) is 11.5 Å². The van der Waals surface area contributed by atoms with Crippen LogP contribution in [-0.2, 0) is 9.59 Å². The molecule has 0 aliphatic heterocycles. The van der Waals surface area contributed by atoms with Crippen LogP contribution in [0.3, 0.4) is 0 Å². The van der Waals surface area contributed by atoms with Crippen molar-refractivity contribution in [2.45, 2.75) is 0 Å². The van der Waals surface area contributed by atoms with Crippen LogP contribution in [0.4, 0.5) is 21.5 Å². The third-order valence-corrected chi connectivity index (χ3v) is 3.72. The number of amides is 2. The number of nitrogens with zero attached hydrogens (tertiary/aromatic N) is 1. The number of nitrogens with one attached hydrogen (secondary N) is 3. The summed E-state index contributed by atoms with van der Waals surface area (Å²) in [5, 5.41) is 16.3. The van der Waals surface area contributed by atoms with Crippen LogP contribution < -0.4 is 15.5 Å². The molecule has 2 rings (SSSR count). The predicted molar refractivity (Wildman–Crippen MR) is 98.4 cm³/mol. The summed E-state index contributed by atoms with van der Waals surface area (Å²) in [6.45, 7) is -0.122. The van der Waals surface area contributed by atoms with Crippen molar-refractivity contribution in [3.05, 3.63) is 63.4 Å². The van der Waals surface area contributed by atoms with Crippen molar-refractivity contribution in [3.63, 3.8) is 0 Å². The molecule has 142 valence electrons. The molecule has 0 aliphatic rings. The highest BCUT2D eigenvalue weighted by Crippen LogP contribution is 2.27. The predicted octanol–water partition coefficient (Wildman–Crippen LogP) is 1.48. The van der Waals surface area contributed by atoms with Crippen LogP contribution in [0.25, 0.3) is 0 Å². The molecule has 0 fully saturated rings. The second-order valence-corrected chi connectivity index (χ2v) is 6.27. The Hall–Kier alpha value is -3.04. The second kappa shape index (κ2) is 9.06. The third kappa shape index (κ3) is 6.32. The van der Waals surface area contributed by atoms with Crippen LogP contribution in [0.5, 0.6) is 0 Å². The summed E-state index contributed by atoms with van der Waals surface area (Å²) in [7, 11) is 1.62. The van der Waals surface area contributed by atoms with E-state index in [1.54, 1.807) is 7.05 Å². The molecular formula is C17H17ClFN4O4+. The van der Waals surface area contributed by atoms with E-state index in [1.807, 2.05) is 0 Å². The number of rotatable bonds is 7. The van der Waals surface area contributed by atoms with E-state index in [4.69, 9.17) is 11.6 Å². The van der Waals surface area contributed by atoms with E-state index in [1.165, 1.54) is 42.5 Å². The number of nitro groups is 1. The summed E-state index contributed by atoms with van der Waals surface area (Å²) in [6, 6.07) is 9.13. The molecule has 27 heavy (non-hydrogen) atoms. The van der Waals surface area contributed by atoms with E-state index in [0.717, 1.165) is 0 Å². The first kappa shape index (κ1) is 20.3. The molecule has 0 aromatic heterocycles. The van der Waals surface area contributed by atoms with E-state index in [2.05, 4.69) is 10.6 Å². The largest absolute Gasteiger partial charge is 0.322 e. The highest BCUT2D eigenvalue weighted by molar-refractivity contribution is 6.31. The standard InChI is InChI=1S/C17H16ClFN4O4/c1-22(9-16(24)20-13-5-3-12(19)4-6-13)10-17(25)21-14-8-11(18)2-7-15(14)23(26)27/h2-8H,9-10H2,1H3,(H,20,24)(H,21,25)/p+1. The Labute approximate surface area is 159 Å². The number of benzene rings is 2. The number of nitro benzene ring substituents is 1. The van der Waals surface area contributed by atoms with Crippen LogP contribution >= 0.6 is 11.6 Å². The van der Waals surface area contributed by atoms with Gasteiger partial charge in [0.2, 0.25) is 0 Å². The average molecular weight is 396 g/mol. The van der Waals surface area contributed by atoms with Crippen molar-refractivity contribution < 1.29 is 23.8 Å². The number of hydrogen-bond acceptors (Lipinski definition) is 4. The summed E-state index contributed by atoms with van der Waals surface area (Å²) < 4.78 is 12.8. The summed E-state index contributed by atoms with van der Waals surface area (Å²) in [6.07, 6.45) is 0. The maximum Gasteiger partial charge on any atom is 0.292 e. The number of likely N-dealkylation sites (N-methyl/N-ethyl adjacent to an activating group) is 1. The Morgan fingerprint density at radius 3 is 2.30 bits per heavy atom. The van der Waals surface area contributed by atoms with Crippen LogP contribution in [0.2, 0.25) is 5.02 Å². The zero-order valence-electron chi connectivity index (χ0n) is 14.3. The number of anilines is 2. The summed E-state index contributed by atoms with van der Waals surface area (Å²) in [5.41, 5.74) is 0.147. The molecule has 0 heterocycles. The lowest BCUT2D eigenvalue weighted by molar-refractivity contribution is -0.862. The second-order valence-electron chi connectivity index (χ2n) is 5.83.